The Bertz CT molecular complexity index is 1430. The molecule has 0 spiro atoms. The molecule has 3 atom stereocenters. The maximum atomic E-state index is 13.0. The molecule has 9 heteroatoms. The minimum Gasteiger partial charge on any atom is -0.387 e. The van der Waals surface area contributed by atoms with Gasteiger partial charge >= 0.3 is 7.82 Å². The third kappa shape index (κ3) is 63.9. The molecule has 3 unspecified atom stereocenters. The van der Waals surface area contributed by atoms with Gasteiger partial charge in [0.25, 0.3) is 0 Å². The van der Waals surface area contributed by atoms with Crippen LogP contribution in [-0.2, 0) is 18.4 Å². The monoisotopic (exact) mass is 1130 g/mol. The fraction of sp³-hybridized carbons (Fsp3) is 0.871. The van der Waals surface area contributed by atoms with Gasteiger partial charge in [0.2, 0.25) is 5.91 Å². The molecule has 0 aromatic heterocycles. The number of nitrogens with one attached hydrogen (secondary N) is 1. The van der Waals surface area contributed by atoms with Gasteiger partial charge in [-0.15, -0.1) is 0 Å². The molecule has 0 saturated carbocycles. The van der Waals surface area contributed by atoms with Crippen molar-refractivity contribution in [1.29, 1.82) is 0 Å². The van der Waals surface area contributed by atoms with Crippen molar-refractivity contribution in [3.8, 4) is 0 Å². The molecular weight excluding hydrogens is 996 g/mol. The average Bonchev–Trinajstić information content (AvgIpc) is 3.42. The summed E-state index contributed by atoms with van der Waals surface area (Å²) in [4.78, 5) is 23.4. The summed E-state index contributed by atoms with van der Waals surface area (Å²) in [6.45, 7) is 4.85. The number of phosphoric ester groups is 1. The largest absolute Gasteiger partial charge is 0.472 e. The quantitative estimate of drug-likeness (QED) is 0.0243. The highest BCUT2D eigenvalue weighted by atomic mass is 31.2. The van der Waals surface area contributed by atoms with Gasteiger partial charge in [-0.05, 0) is 57.8 Å². The lowest BCUT2D eigenvalue weighted by molar-refractivity contribution is -0.870. The third-order valence-electron chi connectivity index (χ3n) is 15.8. The molecule has 8 nitrogen and oxygen atoms in total. The number of likely N-dealkylation sites (N-methyl/N-ethyl adjacent to an activating group) is 1. The zero-order valence-corrected chi connectivity index (χ0v) is 54.3. The van der Waals surface area contributed by atoms with Crippen LogP contribution in [0.1, 0.15) is 341 Å². The van der Waals surface area contributed by atoms with Crippen LogP contribution in [0, 0.1) is 0 Å². The summed E-state index contributed by atoms with van der Waals surface area (Å²) in [5.74, 6) is -0.172. The van der Waals surface area contributed by atoms with Crippen molar-refractivity contribution in [3.05, 3.63) is 48.6 Å². The summed E-state index contributed by atoms with van der Waals surface area (Å²) in [6.07, 6.45) is 82.5. The van der Waals surface area contributed by atoms with Gasteiger partial charge in [0.05, 0.1) is 39.9 Å². The van der Waals surface area contributed by atoms with Crippen molar-refractivity contribution < 1.29 is 32.9 Å². The molecular formula is C70H136N2O6P+. The van der Waals surface area contributed by atoms with Crippen LogP contribution < -0.4 is 5.32 Å². The van der Waals surface area contributed by atoms with Gasteiger partial charge in [-0.2, -0.15) is 0 Å². The van der Waals surface area contributed by atoms with Gasteiger partial charge in [-0.25, -0.2) is 4.57 Å². The highest BCUT2D eigenvalue weighted by molar-refractivity contribution is 7.47. The number of hydrogen-bond acceptors (Lipinski definition) is 5. The minimum atomic E-state index is -4.35. The summed E-state index contributed by atoms with van der Waals surface area (Å²) in [7, 11) is 1.58. The molecule has 0 aromatic rings. The van der Waals surface area contributed by atoms with E-state index in [1.807, 2.05) is 27.2 Å². The predicted molar refractivity (Wildman–Crippen MR) is 346 cm³/mol. The summed E-state index contributed by atoms with van der Waals surface area (Å²) >= 11 is 0. The van der Waals surface area contributed by atoms with Gasteiger partial charge in [0.1, 0.15) is 13.2 Å². The summed E-state index contributed by atoms with van der Waals surface area (Å²) in [5.41, 5.74) is 0. The molecule has 0 bridgehead atoms. The number of phosphoric acid groups is 1. The fourth-order valence-electron chi connectivity index (χ4n) is 10.4. The first kappa shape index (κ1) is 77.5. The SMILES string of the molecule is CCCCCCC/C=C\C/C=C\C/C=C\CCCCCCCCCCCCCCCCCCC(=O)NC(COP(=O)(O)OCC[N+](C)(C)C)C(O)/C=C/CCCCCCCCCCCCCCCCCCCCCCCCCC. The Morgan fingerprint density at radius 3 is 1.05 bits per heavy atom. The van der Waals surface area contributed by atoms with Crippen molar-refractivity contribution >= 4 is 13.7 Å². The van der Waals surface area contributed by atoms with E-state index in [0.29, 0.717) is 17.4 Å². The molecule has 3 N–H and O–H groups in total. The van der Waals surface area contributed by atoms with Crippen LogP contribution >= 0.6 is 7.82 Å². The van der Waals surface area contributed by atoms with Crippen molar-refractivity contribution in [2.75, 3.05) is 40.9 Å². The van der Waals surface area contributed by atoms with E-state index in [9.17, 15) is 19.4 Å². The number of allylic oxidation sites excluding steroid dienone is 7. The van der Waals surface area contributed by atoms with Gasteiger partial charge in [0, 0.05) is 6.42 Å². The summed E-state index contributed by atoms with van der Waals surface area (Å²) in [6, 6.07) is -0.848. The van der Waals surface area contributed by atoms with Crippen molar-refractivity contribution in [2.45, 2.75) is 353 Å². The first-order valence-electron chi connectivity index (χ1n) is 34.5. The molecule has 0 rings (SSSR count). The normalized spacial score (nSPS) is 14.0. The van der Waals surface area contributed by atoms with E-state index in [2.05, 4.69) is 55.6 Å². The average molecular weight is 1130 g/mol. The maximum Gasteiger partial charge on any atom is 0.472 e. The molecule has 0 aromatic carbocycles. The maximum absolute atomic E-state index is 13.0. The Morgan fingerprint density at radius 1 is 0.430 bits per heavy atom. The smallest absolute Gasteiger partial charge is 0.387 e. The van der Waals surface area contributed by atoms with E-state index in [0.717, 1.165) is 51.4 Å². The van der Waals surface area contributed by atoms with Crippen molar-refractivity contribution in [3.63, 3.8) is 0 Å². The standard InChI is InChI=1S/C70H135N2O6P/c1-6-8-10-12-14-16-18-20-22-24-26-28-30-32-34-35-36-37-38-40-42-44-46-48-50-52-54-56-58-60-62-64-70(74)71-68(67-78-79(75,76)77-66-65-72(3,4)5)69(73)63-61-59-57-55-53-51-49-47-45-43-41-39-33-31-29-27-25-23-21-19-17-15-13-11-9-7-2/h18,20,24,26,30,32,61,63,68-69,73H,6-17,19,21-23,25,27-29,31,33-60,62,64-67H2,1-5H3,(H-,71,74,75,76)/p+1/b20-18-,26-24-,32-30-,63-61+. The van der Waals surface area contributed by atoms with Crippen LogP contribution in [0.5, 0.6) is 0 Å². The van der Waals surface area contributed by atoms with E-state index in [-0.39, 0.29) is 19.1 Å². The molecule has 0 heterocycles. The van der Waals surface area contributed by atoms with Crippen LogP contribution in [0.4, 0.5) is 0 Å². The number of carbonyl (C=O) groups excluding carboxylic acids is 1. The third-order valence-corrected chi connectivity index (χ3v) is 16.8. The van der Waals surface area contributed by atoms with E-state index < -0.39 is 20.0 Å². The summed E-state index contributed by atoms with van der Waals surface area (Å²) < 4.78 is 23.8. The van der Waals surface area contributed by atoms with Crippen molar-refractivity contribution in [2.24, 2.45) is 0 Å². The van der Waals surface area contributed by atoms with Crippen LogP contribution in [-0.4, -0.2) is 73.4 Å². The highest BCUT2D eigenvalue weighted by Crippen LogP contribution is 2.43. The molecule has 1 amide bonds. The number of aliphatic hydroxyl groups excluding tert-OH is 1. The first-order valence-corrected chi connectivity index (χ1v) is 36.0. The first-order chi connectivity index (χ1) is 38.5. The van der Waals surface area contributed by atoms with Crippen LogP contribution in [0.2, 0.25) is 0 Å². The number of carbonyl (C=O) groups is 1. The number of aliphatic hydroxyl groups is 1. The lowest BCUT2D eigenvalue weighted by atomic mass is 10.0. The topological polar surface area (TPSA) is 105 Å². The van der Waals surface area contributed by atoms with Crippen LogP contribution in [0.25, 0.3) is 0 Å². The minimum absolute atomic E-state index is 0.0622. The molecule has 0 fully saturated rings. The van der Waals surface area contributed by atoms with Gasteiger partial charge in [0.15, 0.2) is 0 Å². The lowest BCUT2D eigenvalue weighted by Crippen LogP contribution is -2.45. The highest BCUT2D eigenvalue weighted by Gasteiger charge is 2.28. The summed E-state index contributed by atoms with van der Waals surface area (Å²) in [5, 5.41) is 14.0. The molecule has 0 aliphatic carbocycles. The van der Waals surface area contributed by atoms with Gasteiger partial charge in [-0.3, -0.25) is 13.8 Å². The fourth-order valence-corrected chi connectivity index (χ4v) is 11.1. The molecule has 0 aliphatic heterocycles. The second kappa shape index (κ2) is 61.0. The Kier molecular flexibility index (Phi) is 59.8. The second-order valence-corrected chi connectivity index (χ2v) is 26.4. The molecule has 79 heavy (non-hydrogen) atoms. The van der Waals surface area contributed by atoms with E-state index in [1.54, 1.807) is 6.08 Å². The van der Waals surface area contributed by atoms with Gasteiger partial charge < -0.3 is 19.8 Å². The predicted octanol–water partition coefficient (Wildman–Crippen LogP) is 21.8. The number of quaternary nitrogens is 1. The zero-order chi connectivity index (χ0) is 57.7. The number of hydrogen-bond donors (Lipinski definition) is 3. The van der Waals surface area contributed by atoms with E-state index in [1.165, 1.54) is 270 Å². The Labute approximate surface area is 492 Å². The van der Waals surface area contributed by atoms with Gasteiger partial charge in [-0.1, -0.05) is 326 Å². The molecule has 0 saturated heterocycles. The zero-order valence-electron chi connectivity index (χ0n) is 53.4. The number of unbranched alkanes of at least 4 members (excludes halogenated alkanes) is 45. The Morgan fingerprint density at radius 2 is 0.722 bits per heavy atom. The number of nitrogens with zero attached hydrogens (tertiary/aromatic N) is 1. The molecule has 0 radical (unpaired) electrons. The Hall–Kier alpha value is -1.54. The number of rotatable bonds is 64. The van der Waals surface area contributed by atoms with Crippen molar-refractivity contribution in [1.82, 2.24) is 5.32 Å². The van der Waals surface area contributed by atoms with E-state index in [4.69, 9.17) is 9.05 Å². The number of amides is 1. The van der Waals surface area contributed by atoms with E-state index >= 15 is 0 Å². The Balaban J connectivity index is 4.07. The lowest BCUT2D eigenvalue weighted by Gasteiger charge is -2.25. The van der Waals surface area contributed by atoms with Crippen LogP contribution in [0.15, 0.2) is 48.6 Å². The molecule has 466 valence electrons. The van der Waals surface area contributed by atoms with Crippen LogP contribution in [0.3, 0.4) is 0 Å². The second-order valence-electron chi connectivity index (χ2n) is 24.9. The molecule has 0 aliphatic rings.